The minimum atomic E-state index is -0.367. The van der Waals surface area contributed by atoms with Gasteiger partial charge in [0.25, 0.3) is 0 Å². The van der Waals surface area contributed by atoms with Gasteiger partial charge in [-0.25, -0.2) is 9.97 Å². The molecule has 1 aromatic heterocycles. The number of nitrogens with two attached hydrogens (primary N) is 1. The van der Waals surface area contributed by atoms with Crippen LogP contribution in [0.2, 0.25) is 0 Å². The number of carbonyl (C=O) groups excluding carboxylic acids is 1. The molecular weight excluding hydrogens is 256 g/mol. The molecule has 1 amide bonds. The summed E-state index contributed by atoms with van der Waals surface area (Å²) in [5, 5.41) is 3.24. The van der Waals surface area contributed by atoms with Crippen molar-refractivity contribution in [3.63, 3.8) is 0 Å². The fraction of sp³-hybridized carbons (Fsp3) is 0.214. The molecule has 1 aromatic carbocycles. The molecule has 1 heterocycles. The monoisotopic (exact) mass is 272 g/mol. The van der Waals surface area contributed by atoms with Crippen LogP contribution in [0.1, 0.15) is 12.1 Å². The second-order valence-corrected chi connectivity index (χ2v) is 4.14. The largest absolute Gasteiger partial charge is 0.493 e. The molecule has 0 saturated carbocycles. The molecule has 3 N–H and O–H groups in total. The van der Waals surface area contributed by atoms with Gasteiger partial charge in [-0.3, -0.25) is 4.79 Å². The minimum Gasteiger partial charge on any atom is -0.493 e. The Morgan fingerprint density at radius 2 is 2.05 bits per heavy atom. The first-order chi connectivity index (χ1) is 9.74. The Balaban J connectivity index is 1.81. The third-order valence-corrected chi connectivity index (χ3v) is 2.59. The van der Waals surface area contributed by atoms with Gasteiger partial charge in [-0.2, -0.15) is 0 Å². The van der Waals surface area contributed by atoms with Crippen LogP contribution in [0.3, 0.4) is 0 Å². The lowest BCUT2D eigenvalue weighted by Gasteiger charge is -2.08. The molecule has 0 fully saturated rings. The number of amides is 1. The van der Waals surface area contributed by atoms with Crippen LogP contribution in [-0.4, -0.2) is 22.5 Å². The highest BCUT2D eigenvalue weighted by Crippen LogP contribution is 2.16. The van der Waals surface area contributed by atoms with E-state index in [1.807, 2.05) is 30.3 Å². The molecular formula is C14H16N4O2. The van der Waals surface area contributed by atoms with E-state index in [1.54, 1.807) is 6.20 Å². The summed E-state index contributed by atoms with van der Waals surface area (Å²) in [6.45, 7) is 0.924. The quantitative estimate of drug-likeness (QED) is 0.794. The Morgan fingerprint density at radius 3 is 2.70 bits per heavy atom. The predicted octanol–water partition coefficient (Wildman–Crippen LogP) is 1.34. The van der Waals surface area contributed by atoms with Gasteiger partial charge in [-0.05, 0) is 30.3 Å². The molecule has 6 nitrogen and oxygen atoms in total. The van der Waals surface area contributed by atoms with E-state index in [0.717, 1.165) is 11.4 Å². The van der Waals surface area contributed by atoms with E-state index < -0.39 is 0 Å². The highest BCUT2D eigenvalue weighted by Gasteiger charge is 1.98. The molecule has 0 saturated heterocycles. The highest BCUT2D eigenvalue weighted by molar-refractivity contribution is 5.73. The Labute approximate surface area is 117 Å². The number of rotatable bonds is 7. The van der Waals surface area contributed by atoms with Gasteiger partial charge >= 0.3 is 0 Å². The van der Waals surface area contributed by atoms with Gasteiger partial charge in [-0.15, -0.1) is 0 Å². The third-order valence-electron chi connectivity index (χ3n) is 2.59. The van der Waals surface area contributed by atoms with Crippen molar-refractivity contribution in [2.75, 3.05) is 11.9 Å². The van der Waals surface area contributed by atoms with E-state index in [9.17, 15) is 4.79 Å². The first kappa shape index (κ1) is 13.8. The van der Waals surface area contributed by atoms with Gasteiger partial charge in [0.1, 0.15) is 12.1 Å². The van der Waals surface area contributed by atoms with E-state index in [1.165, 1.54) is 6.33 Å². The number of nitrogens with zero attached hydrogens (tertiary/aromatic N) is 2. The molecule has 0 aliphatic heterocycles. The van der Waals surface area contributed by atoms with E-state index in [-0.39, 0.29) is 12.3 Å². The number of anilines is 1. The lowest BCUT2D eigenvalue weighted by molar-refractivity contribution is -0.118. The van der Waals surface area contributed by atoms with Crippen molar-refractivity contribution in [1.29, 1.82) is 0 Å². The smallest absolute Gasteiger partial charge is 0.220 e. The Kier molecular flexibility index (Phi) is 4.88. The lowest BCUT2D eigenvalue weighted by atomic mass is 10.3. The molecule has 0 atom stereocenters. The Bertz CT molecular complexity index is 543. The first-order valence-electron chi connectivity index (χ1n) is 6.24. The molecule has 104 valence electrons. The number of aromatic nitrogens is 2. The molecule has 0 aliphatic carbocycles. The standard InChI is InChI=1S/C14H16N4O2/c15-14(19)6-8-20-13-3-1-11(2-4-13)17-9-12-5-7-16-10-18-12/h1-5,7,10,17H,6,8-9H2,(H2,15,19). The summed E-state index contributed by atoms with van der Waals surface area (Å²) in [6, 6.07) is 9.34. The van der Waals surface area contributed by atoms with Crippen LogP contribution in [0.15, 0.2) is 42.9 Å². The van der Waals surface area contributed by atoms with Crippen LogP contribution in [0.4, 0.5) is 5.69 Å². The van der Waals surface area contributed by atoms with Crippen molar-refractivity contribution >= 4 is 11.6 Å². The zero-order valence-corrected chi connectivity index (χ0v) is 11.0. The number of nitrogens with one attached hydrogen (secondary N) is 1. The van der Waals surface area contributed by atoms with E-state index >= 15 is 0 Å². The van der Waals surface area contributed by atoms with Crippen molar-refractivity contribution < 1.29 is 9.53 Å². The van der Waals surface area contributed by atoms with Crippen LogP contribution < -0.4 is 15.8 Å². The fourth-order valence-corrected chi connectivity index (χ4v) is 1.55. The van der Waals surface area contributed by atoms with Crippen LogP contribution >= 0.6 is 0 Å². The van der Waals surface area contributed by atoms with Crippen LogP contribution in [0.5, 0.6) is 5.75 Å². The van der Waals surface area contributed by atoms with Gasteiger partial charge in [-0.1, -0.05) is 0 Å². The Morgan fingerprint density at radius 1 is 1.25 bits per heavy atom. The SMILES string of the molecule is NC(=O)CCOc1ccc(NCc2ccncn2)cc1. The second-order valence-electron chi connectivity index (χ2n) is 4.14. The minimum absolute atomic E-state index is 0.216. The number of benzene rings is 1. The van der Waals surface area contributed by atoms with Crippen molar-refractivity contribution in [3.8, 4) is 5.75 Å². The van der Waals surface area contributed by atoms with Crippen molar-refractivity contribution in [2.24, 2.45) is 5.73 Å². The molecule has 2 rings (SSSR count). The van der Waals surface area contributed by atoms with Gasteiger partial charge in [0.05, 0.1) is 25.3 Å². The van der Waals surface area contributed by atoms with Crippen molar-refractivity contribution in [3.05, 3.63) is 48.5 Å². The van der Waals surface area contributed by atoms with Gasteiger partial charge in [0.15, 0.2) is 0 Å². The summed E-state index contributed by atoms with van der Waals surface area (Å²) < 4.78 is 5.39. The number of primary amides is 1. The second kappa shape index (κ2) is 7.08. The summed E-state index contributed by atoms with van der Waals surface area (Å²) >= 11 is 0. The zero-order valence-electron chi connectivity index (χ0n) is 11.0. The van der Waals surface area contributed by atoms with E-state index in [2.05, 4.69) is 15.3 Å². The lowest BCUT2D eigenvalue weighted by Crippen LogP contribution is -2.14. The van der Waals surface area contributed by atoms with Gasteiger partial charge in [0, 0.05) is 11.9 Å². The van der Waals surface area contributed by atoms with Crippen LogP contribution in [0, 0.1) is 0 Å². The number of hydrogen-bond acceptors (Lipinski definition) is 5. The van der Waals surface area contributed by atoms with Gasteiger partial charge < -0.3 is 15.8 Å². The maximum absolute atomic E-state index is 10.6. The average molecular weight is 272 g/mol. The third kappa shape index (κ3) is 4.56. The molecule has 0 unspecified atom stereocenters. The normalized spacial score (nSPS) is 10.0. The summed E-state index contributed by atoms with van der Waals surface area (Å²) in [7, 11) is 0. The maximum Gasteiger partial charge on any atom is 0.220 e. The summed E-state index contributed by atoms with van der Waals surface area (Å²) in [4.78, 5) is 18.6. The molecule has 0 radical (unpaired) electrons. The van der Waals surface area contributed by atoms with Crippen LogP contribution in [0.25, 0.3) is 0 Å². The average Bonchev–Trinajstić information content (AvgIpc) is 2.47. The number of ether oxygens (including phenoxy) is 1. The Hall–Kier alpha value is -2.63. The van der Waals surface area contributed by atoms with Gasteiger partial charge in [0.2, 0.25) is 5.91 Å². The highest BCUT2D eigenvalue weighted by atomic mass is 16.5. The molecule has 0 spiro atoms. The fourth-order valence-electron chi connectivity index (χ4n) is 1.55. The molecule has 20 heavy (non-hydrogen) atoms. The summed E-state index contributed by atoms with van der Waals surface area (Å²) in [5.74, 6) is 0.340. The van der Waals surface area contributed by atoms with Crippen LogP contribution in [-0.2, 0) is 11.3 Å². The zero-order chi connectivity index (χ0) is 14.2. The number of hydrogen-bond donors (Lipinski definition) is 2. The van der Waals surface area contributed by atoms with Crippen molar-refractivity contribution in [2.45, 2.75) is 13.0 Å². The number of carbonyl (C=O) groups is 1. The molecule has 6 heteroatoms. The first-order valence-corrected chi connectivity index (χ1v) is 6.24. The van der Waals surface area contributed by atoms with E-state index in [4.69, 9.17) is 10.5 Å². The van der Waals surface area contributed by atoms with E-state index in [0.29, 0.717) is 18.9 Å². The molecule has 0 aliphatic rings. The summed E-state index contributed by atoms with van der Waals surface area (Å²) in [6.07, 6.45) is 3.44. The maximum atomic E-state index is 10.6. The van der Waals surface area contributed by atoms with Crippen molar-refractivity contribution in [1.82, 2.24) is 9.97 Å². The molecule has 2 aromatic rings. The summed E-state index contributed by atoms with van der Waals surface area (Å²) in [5.41, 5.74) is 6.92. The topological polar surface area (TPSA) is 90.1 Å². The molecule has 0 bridgehead atoms. The predicted molar refractivity (Wildman–Crippen MR) is 75.1 cm³/mol.